The largest absolute Gasteiger partial charge is 0.288 e. The van der Waals surface area contributed by atoms with Crippen LogP contribution >= 0.6 is 15.9 Å². The first kappa shape index (κ1) is 3.49. The molecule has 5 heteroatoms. The van der Waals surface area contributed by atoms with Gasteiger partial charge in [0.25, 0.3) is 0 Å². The summed E-state index contributed by atoms with van der Waals surface area (Å²) in [5.74, 6) is -0.319. The van der Waals surface area contributed by atoms with Crippen LogP contribution in [0.3, 0.4) is 0 Å². The predicted molar refractivity (Wildman–Crippen MR) is 51.6 cm³/mol. The van der Waals surface area contributed by atoms with Gasteiger partial charge in [-0.25, -0.2) is 9.97 Å². The van der Waals surface area contributed by atoms with E-state index in [2.05, 4.69) is 30.9 Å². The molecular formula is C8H7BrN4. The van der Waals surface area contributed by atoms with Crippen molar-refractivity contribution in [2.75, 3.05) is 0 Å². The number of rotatable bonds is 1. The first-order valence-corrected chi connectivity index (χ1v) is 3.99. The highest BCUT2D eigenvalue weighted by atomic mass is 79.9. The Morgan fingerprint density at radius 2 is 2.54 bits per heavy atom. The molecule has 0 aliphatic heterocycles. The lowest BCUT2D eigenvalue weighted by molar-refractivity contribution is 0.949. The number of imidazole rings is 1. The summed E-state index contributed by atoms with van der Waals surface area (Å²) in [4.78, 5) is 10.9. The number of nitrogens with zero attached hydrogens (tertiary/aromatic N) is 4. The normalized spacial score (nSPS) is 19.0. The standard InChI is InChI=1S/C8H7BrN4/c1-6-2-10-3-8(12-6)13-4-7(9)11-5-13/h2-5H,1H3/i1D3,2D,3D,4D,5D. The molecule has 0 saturated carbocycles. The lowest BCUT2D eigenvalue weighted by atomic mass is 10.5. The molecule has 0 aliphatic carbocycles. The van der Waals surface area contributed by atoms with Gasteiger partial charge < -0.3 is 0 Å². The monoisotopic (exact) mass is 245 g/mol. The van der Waals surface area contributed by atoms with Crippen LogP contribution < -0.4 is 0 Å². The fourth-order valence-electron chi connectivity index (χ4n) is 0.723. The summed E-state index contributed by atoms with van der Waals surface area (Å²) in [6.07, 6.45) is -1.78. The lowest BCUT2D eigenvalue weighted by Crippen LogP contribution is -1.96. The average Bonchev–Trinajstić information content (AvgIpc) is 2.53. The van der Waals surface area contributed by atoms with E-state index in [9.17, 15) is 0 Å². The Morgan fingerprint density at radius 3 is 3.23 bits per heavy atom. The van der Waals surface area contributed by atoms with E-state index in [1.807, 2.05) is 0 Å². The molecule has 0 aromatic carbocycles. The first-order chi connectivity index (χ1) is 9.12. The Morgan fingerprint density at radius 1 is 1.62 bits per heavy atom. The number of hydrogen-bond acceptors (Lipinski definition) is 3. The fourth-order valence-corrected chi connectivity index (χ4v) is 0.980. The Labute approximate surface area is 93.6 Å². The Balaban J connectivity index is 2.75. The van der Waals surface area contributed by atoms with Crippen LogP contribution in [0.5, 0.6) is 0 Å². The SMILES string of the molecule is [2H]c1nc([2H])c(C([2H])([2H])[2H])nc1-n1c([2H])nc(Br)c1[2H]. The van der Waals surface area contributed by atoms with Crippen LogP contribution in [0.1, 0.15) is 15.3 Å². The summed E-state index contributed by atoms with van der Waals surface area (Å²) in [5.41, 5.74) is -0.591. The molecule has 66 valence electrons. The minimum absolute atomic E-state index is 0.0640. The third-order valence-electron chi connectivity index (χ3n) is 1.20. The maximum Gasteiger partial charge on any atom is 0.156 e. The van der Waals surface area contributed by atoms with E-state index in [-0.39, 0.29) is 22.9 Å². The molecule has 2 aromatic rings. The van der Waals surface area contributed by atoms with Gasteiger partial charge in [-0.3, -0.25) is 9.55 Å². The number of aromatic nitrogens is 4. The maximum absolute atomic E-state index is 7.73. The summed E-state index contributed by atoms with van der Waals surface area (Å²) in [6.45, 7) is -2.67. The topological polar surface area (TPSA) is 43.6 Å². The number of halogens is 1. The van der Waals surface area contributed by atoms with Crippen LogP contribution in [0, 0.1) is 6.85 Å². The minimum atomic E-state index is -2.67. The zero-order valence-electron chi connectivity index (χ0n) is 13.2. The number of hydrogen-bond donors (Lipinski definition) is 0. The zero-order valence-corrected chi connectivity index (χ0v) is 7.75. The van der Waals surface area contributed by atoms with E-state index in [0.29, 0.717) is 0 Å². The summed E-state index contributed by atoms with van der Waals surface area (Å²) in [6, 6.07) is 0. The molecule has 4 nitrogen and oxygen atoms in total. The van der Waals surface area contributed by atoms with Gasteiger partial charge in [0.2, 0.25) is 0 Å². The third kappa shape index (κ3) is 1.75. The van der Waals surface area contributed by atoms with Crippen molar-refractivity contribution in [1.82, 2.24) is 19.5 Å². The van der Waals surface area contributed by atoms with Crippen molar-refractivity contribution in [2.45, 2.75) is 6.85 Å². The van der Waals surface area contributed by atoms with Crippen LogP contribution in [-0.4, -0.2) is 19.5 Å². The molecule has 0 amide bonds. The van der Waals surface area contributed by atoms with Gasteiger partial charge in [-0.1, -0.05) is 0 Å². The molecule has 0 N–H and O–H groups in total. The summed E-state index contributed by atoms with van der Waals surface area (Å²) >= 11 is 2.96. The maximum atomic E-state index is 7.73. The smallest absolute Gasteiger partial charge is 0.156 e. The van der Waals surface area contributed by atoms with Crippen molar-refractivity contribution in [1.29, 1.82) is 0 Å². The highest BCUT2D eigenvalue weighted by Crippen LogP contribution is 2.09. The van der Waals surface area contributed by atoms with Crippen LogP contribution in [0.25, 0.3) is 5.82 Å². The molecule has 0 atom stereocenters. The lowest BCUT2D eigenvalue weighted by Gasteiger charge is -1.99. The molecule has 0 saturated heterocycles. The van der Waals surface area contributed by atoms with Crippen LogP contribution in [0.15, 0.2) is 29.4 Å². The molecule has 13 heavy (non-hydrogen) atoms. The van der Waals surface area contributed by atoms with Crippen molar-refractivity contribution in [3.63, 3.8) is 0 Å². The van der Waals surface area contributed by atoms with Gasteiger partial charge in [-0.2, -0.15) is 0 Å². The molecular weight excluding hydrogens is 232 g/mol. The summed E-state index contributed by atoms with van der Waals surface area (Å²) in [5, 5.41) is 0. The molecule has 0 unspecified atom stereocenters. The van der Waals surface area contributed by atoms with Gasteiger partial charge in [0.1, 0.15) is 12.3 Å². The molecule has 2 aromatic heterocycles. The molecule has 0 aliphatic rings. The Hall–Kier alpha value is -1.23. The highest BCUT2D eigenvalue weighted by Gasteiger charge is 1.99. The van der Waals surface area contributed by atoms with Gasteiger partial charge >= 0.3 is 0 Å². The zero-order chi connectivity index (χ0) is 15.2. The van der Waals surface area contributed by atoms with Gasteiger partial charge in [0.05, 0.1) is 16.0 Å². The summed E-state index contributed by atoms with van der Waals surface area (Å²) in [7, 11) is 0. The second-order valence-corrected chi connectivity index (χ2v) is 2.82. The Bertz CT molecular complexity index is 680. The first-order valence-electron chi connectivity index (χ1n) is 6.70. The highest BCUT2D eigenvalue weighted by molar-refractivity contribution is 9.10. The minimum Gasteiger partial charge on any atom is -0.288 e. The van der Waals surface area contributed by atoms with E-state index in [1.54, 1.807) is 0 Å². The Kier molecular flexibility index (Phi) is 0.875. The van der Waals surface area contributed by atoms with Crippen LogP contribution in [0.2, 0.25) is 0 Å². The third-order valence-corrected chi connectivity index (χ3v) is 1.55. The van der Waals surface area contributed by atoms with Crippen molar-refractivity contribution in [3.8, 4) is 5.82 Å². The molecule has 2 rings (SSSR count). The van der Waals surface area contributed by atoms with E-state index in [0.717, 1.165) is 4.57 Å². The second kappa shape index (κ2) is 3.26. The summed E-state index contributed by atoms with van der Waals surface area (Å²) < 4.78 is 53.2. The molecule has 0 radical (unpaired) electrons. The molecule has 0 spiro atoms. The molecule has 2 heterocycles. The fraction of sp³-hybridized carbons (Fsp3) is 0.125. The second-order valence-electron chi connectivity index (χ2n) is 2.07. The van der Waals surface area contributed by atoms with E-state index < -0.39 is 24.9 Å². The van der Waals surface area contributed by atoms with Gasteiger partial charge in [0, 0.05) is 16.5 Å². The van der Waals surface area contributed by atoms with Gasteiger partial charge in [0.15, 0.2) is 5.82 Å². The molecule has 0 fully saturated rings. The van der Waals surface area contributed by atoms with Gasteiger partial charge in [-0.05, 0) is 22.8 Å². The van der Waals surface area contributed by atoms with Gasteiger partial charge in [-0.15, -0.1) is 0 Å². The van der Waals surface area contributed by atoms with Crippen LogP contribution in [0.4, 0.5) is 0 Å². The van der Waals surface area contributed by atoms with Crippen LogP contribution in [-0.2, 0) is 0 Å². The predicted octanol–water partition coefficient (Wildman–Crippen LogP) is 1.73. The van der Waals surface area contributed by atoms with Crippen molar-refractivity contribution < 1.29 is 9.60 Å². The number of aryl methyl sites for hydroxylation is 1. The van der Waals surface area contributed by atoms with Crippen molar-refractivity contribution in [2.24, 2.45) is 0 Å². The quantitative estimate of drug-likeness (QED) is 0.769. The average molecular weight is 246 g/mol. The van der Waals surface area contributed by atoms with E-state index in [4.69, 9.17) is 9.60 Å². The van der Waals surface area contributed by atoms with E-state index in [1.165, 1.54) is 0 Å². The molecule has 0 bridgehead atoms. The van der Waals surface area contributed by atoms with Crippen molar-refractivity contribution >= 4 is 15.9 Å². The van der Waals surface area contributed by atoms with Crippen molar-refractivity contribution in [3.05, 3.63) is 35.1 Å². The van der Waals surface area contributed by atoms with E-state index >= 15 is 0 Å².